The minimum Gasteiger partial charge on any atom is -0.481 e. The van der Waals surface area contributed by atoms with Gasteiger partial charge in [-0.25, -0.2) is 9.07 Å². The molecule has 0 bridgehead atoms. The van der Waals surface area contributed by atoms with Crippen molar-refractivity contribution in [1.29, 1.82) is 0 Å². The SMILES string of the molecule is CC(c1ccc(-c2ccccc2)c(F)c1)c1nn2c(c1CCC(=O)O)NC(=O)CC2. The van der Waals surface area contributed by atoms with Gasteiger partial charge in [-0.15, -0.1) is 0 Å². The van der Waals surface area contributed by atoms with Crippen LogP contribution in [0.5, 0.6) is 0 Å². The molecule has 0 saturated carbocycles. The molecule has 0 spiro atoms. The second-order valence-electron chi connectivity index (χ2n) is 7.45. The summed E-state index contributed by atoms with van der Waals surface area (Å²) in [7, 11) is 0. The normalized spacial score (nSPS) is 14.1. The minimum absolute atomic E-state index is 0.0738. The summed E-state index contributed by atoms with van der Waals surface area (Å²) in [5, 5.41) is 16.6. The molecule has 2 N–H and O–H groups in total. The minimum atomic E-state index is -0.922. The van der Waals surface area contributed by atoms with Gasteiger partial charge in [0.1, 0.15) is 11.6 Å². The molecular weight excluding hydrogens is 385 g/mol. The number of rotatable bonds is 6. The molecule has 1 amide bonds. The van der Waals surface area contributed by atoms with Gasteiger partial charge < -0.3 is 10.4 Å². The van der Waals surface area contributed by atoms with E-state index < -0.39 is 5.97 Å². The van der Waals surface area contributed by atoms with Crippen LogP contribution in [0.2, 0.25) is 0 Å². The van der Waals surface area contributed by atoms with Crippen molar-refractivity contribution in [2.24, 2.45) is 0 Å². The van der Waals surface area contributed by atoms with Gasteiger partial charge in [-0.2, -0.15) is 5.10 Å². The van der Waals surface area contributed by atoms with E-state index in [-0.39, 0.29) is 30.5 Å². The summed E-state index contributed by atoms with van der Waals surface area (Å²) in [6, 6.07) is 14.5. The van der Waals surface area contributed by atoms with Gasteiger partial charge in [0.15, 0.2) is 0 Å². The standard InChI is InChI=1S/C23H22FN3O3/c1-14(16-7-8-17(19(24)13-16)15-5-3-2-4-6-15)22-18(9-10-21(29)30)23-25-20(28)11-12-27(23)26-22/h2-8,13-14H,9-12H2,1H3,(H,25,28)(H,29,30). The van der Waals surface area contributed by atoms with E-state index in [1.807, 2.05) is 43.3 Å². The van der Waals surface area contributed by atoms with E-state index in [0.29, 0.717) is 35.6 Å². The molecular formula is C23H22FN3O3. The molecule has 2 heterocycles. The number of amides is 1. The zero-order chi connectivity index (χ0) is 21.3. The van der Waals surface area contributed by atoms with Gasteiger partial charge in [-0.05, 0) is 23.6 Å². The van der Waals surface area contributed by atoms with Crippen LogP contribution in [-0.4, -0.2) is 26.8 Å². The second-order valence-corrected chi connectivity index (χ2v) is 7.45. The van der Waals surface area contributed by atoms with Crippen molar-refractivity contribution in [3.8, 4) is 11.1 Å². The number of aryl methyl sites for hydroxylation is 1. The molecule has 2 aromatic carbocycles. The van der Waals surface area contributed by atoms with Crippen LogP contribution in [0.4, 0.5) is 10.2 Å². The summed E-state index contributed by atoms with van der Waals surface area (Å²) in [4.78, 5) is 23.0. The summed E-state index contributed by atoms with van der Waals surface area (Å²) in [6.07, 6.45) is 0.492. The Hall–Kier alpha value is -3.48. The molecule has 3 aromatic rings. The lowest BCUT2D eigenvalue weighted by Crippen LogP contribution is -2.24. The lowest BCUT2D eigenvalue weighted by atomic mass is 9.91. The quantitative estimate of drug-likeness (QED) is 0.641. The van der Waals surface area contributed by atoms with E-state index in [9.17, 15) is 14.0 Å². The Bertz CT molecular complexity index is 1110. The lowest BCUT2D eigenvalue weighted by Gasteiger charge is -2.16. The van der Waals surface area contributed by atoms with E-state index in [4.69, 9.17) is 5.11 Å². The van der Waals surface area contributed by atoms with Crippen molar-refractivity contribution in [1.82, 2.24) is 9.78 Å². The lowest BCUT2D eigenvalue weighted by molar-refractivity contribution is -0.137. The first-order chi connectivity index (χ1) is 14.4. The maximum absolute atomic E-state index is 14.9. The van der Waals surface area contributed by atoms with Crippen molar-refractivity contribution in [3.05, 3.63) is 71.2 Å². The van der Waals surface area contributed by atoms with E-state index in [1.165, 1.54) is 6.07 Å². The van der Waals surface area contributed by atoms with Gasteiger partial charge >= 0.3 is 5.97 Å². The monoisotopic (exact) mass is 407 g/mol. The predicted molar refractivity (Wildman–Crippen MR) is 111 cm³/mol. The number of aliphatic carboxylic acids is 1. The fourth-order valence-electron chi connectivity index (χ4n) is 3.86. The van der Waals surface area contributed by atoms with Crippen molar-refractivity contribution >= 4 is 17.7 Å². The number of nitrogens with one attached hydrogen (secondary N) is 1. The average molecular weight is 407 g/mol. The highest BCUT2D eigenvalue weighted by atomic mass is 19.1. The average Bonchev–Trinajstić information content (AvgIpc) is 3.09. The Labute approximate surface area is 173 Å². The Morgan fingerprint density at radius 2 is 2.03 bits per heavy atom. The first kappa shape index (κ1) is 19.8. The van der Waals surface area contributed by atoms with Crippen LogP contribution in [-0.2, 0) is 22.6 Å². The number of carboxylic acid groups (broad SMARTS) is 1. The van der Waals surface area contributed by atoms with Gasteiger partial charge in [-0.1, -0.05) is 49.4 Å². The number of hydrogen-bond donors (Lipinski definition) is 2. The molecule has 30 heavy (non-hydrogen) atoms. The number of halogens is 1. The van der Waals surface area contributed by atoms with Crippen LogP contribution in [0, 0.1) is 5.82 Å². The largest absolute Gasteiger partial charge is 0.481 e. The van der Waals surface area contributed by atoms with E-state index in [2.05, 4.69) is 10.4 Å². The number of anilines is 1. The number of carboxylic acids is 1. The third-order valence-electron chi connectivity index (χ3n) is 5.47. The first-order valence-electron chi connectivity index (χ1n) is 9.90. The number of nitrogens with zero attached hydrogens (tertiary/aromatic N) is 2. The highest BCUT2D eigenvalue weighted by molar-refractivity contribution is 5.92. The fraction of sp³-hybridized carbons (Fsp3) is 0.261. The molecule has 1 aliphatic heterocycles. The van der Waals surface area contributed by atoms with Crippen molar-refractivity contribution in [2.45, 2.75) is 38.6 Å². The smallest absolute Gasteiger partial charge is 0.303 e. The van der Waals surface area contributed by atoms with E-state index in [0.717, 1.165) is 11.1 Å². The topological polar surface area (TPSA) is 84.2 Å². The Morgan fingerprint density at radius 3 is 2.73 bits per heavy atom. The Morgan fingerprint density at radius 1 is 1.27 bits per heavy atom. The van der Waals surface area contributed by atoms with E-state index in [1.54, 1.807) is 10.7 Å². The van der Waals surface area contributed by atoms with Gasteiger partial charge in [0.05, 0.1) is 12.2 Å². The number of carbonyl (C=O) groups is 2. The molecule has 7 heteroatoms. The van der Waals surface area contributed by atoms with Crippen LogP contribution < -0.4 is 5.32 Å². The third kappa shape index (κ3) is 3.83. The van der Waals surface area contributed by atoms with Crippen LogP contribution in [0.15, 0.2) is 48.5 Å². The molecule has 1 aromatic heterocycles. The summed E-state index contributed by atoms with van der Waals surface area (Å²) in [5.74, 6) is -1.07. The predicted octanol–water partition coefficient (Wildman–Crippen LogP) is 4.20. The first-order valence-corrected chi connectivity index (χ1v) is 9.90. The molecule has 0 aliphatic carbocycles. The molecule has 1 atom stereocenters. The Balaban J connectivity index is 1.70. The molecule has 6 nitrogen and oxygen atoms in total. The van der Waals surface area contributed by atoms with Crippen LogP contribution >= 0.6 is 0 Å². The highest BCUT2D eigenvalue weighted by Gasteiger charge is 2.27. The van der Waals surface area contributed by atoms with Crippen molar-refractivity contribution < 1.29 is 19.1 Å². The zero-order valence-electron chi connectivity index (χ0n) is 16.6. The van der Waals surface area contributed by atoms with E-state index >= 15 is 0 Å². The van der Waals surface area contributed by atoms with Gasteiger partial charge in [0.2, 0.25) is 5.91 Å². The van der Waals surface area contributed by atoms with Crippen LogP contribution in [0.3, 0.4) is 0 Å². The Kier molecular flexibility index (Phi) is 5.35. The maximum atomic E-state index is 14.9. The molecule has 4 rings (SSSR count). The van der Waals surface area contributed by atoms with Gasteiger partial charge in [0.25, 0.3) is 0 Å². The zero-order valence-corrected chi connectivity index (χ0v) is 16.6. The summed E-state index contributed by atoms with van der Waals surface area (Å²) < 4.78 is 16.6. The number of hydrogen-bond acceptors (Lipinski definition) is 3. The van der Waals surface area contributed by atoms with Gasteiger partial charge in [0, 0.05) is 29.9 Å². The summed E-state index contributed by atoms with van der Waals surface area (Å²) in [5.41, 5.74) is 3.43. The van der Waals surface area contributed by atoms with Crippen molar-refractivity contribution in [2.75, 3.05) is 5.32 Å². The molecule has 0 fully saturated rings. The van der Waals surface area contributed by atoms with Gasteiger partial charge in [-0.3, -0.25) is 9.59 Å². The summed E-state index contributed by atoms with van der Waals surface area (Å²) >= 11 is 0. The second kappa shape index (κ2) is 8.10. The van der Waals surface area contributed by atoms with Crippen LogP contribution in [0.1, 0.15) is 42.5 Å². The molecule has 1 unspecified atom stereocenters. The number of fused-ring (bicyclic) bond motifs is 1. The molecule has 154 valence electrons. The van der Waals surface area contributed by atoms with Crippen molar-refractivity contribution in [3.63, 3.8) is 0 Å². The van der Waals surface area contributed by atoms with Crippen LogP contribution in [0.25, 0.3) is 11.1 Å². The molecule has 0 saturated heterocycles. The summed E-state index contributed by atoms with van der Waals surface area (Å²) in [6.45, 7) is 2.35. The third-order valence-corrected chi connectivity index (χ3v) is 5.47. The molecule has 0 radical (unpaired) electrons. The maximum Gasteiger partial charge on any atom is 0.303 e. The fourth-order valence-corrected chi connectivity index (χ4v) is 3.86. The number of benzene rings is 2. The highest BCUT2D eigenvalue weighted by Crippen LogP contribution is 2.34. The molecule has 1 aliphatic rings. The number of carbonyl (C=O) groups excluding carboxylic acids is 1. The number of aromatic nitrogens is 2.